The van der Waals surface area contributed by atoms with E-state index < -0.39 is 9.84 Å². The molecule has 0 aromatic heterocycles. The Balaban J connectivity index is 0.00000364. The monoisotopic (exact) mass is 516 g/mol. The summed E-state index contributed by atoms with van der Waals surface area (Å²) < 4.78 is 28.3. The van der Waals surface area contributed by atoms with Gasteiger partial charge in [-0.3, -0.25) is 9.89 Å². The molecule has 160 valence electrons. The Labute approximate surface area is 182 Å². The Morgan fingerprint density at radius 3 is 2.52 bits per heavy atom. The highest BCUT2D eigenvalue weighted by atomic mass is 127. The Morgan fingerprint density at radius 1 is 1.26 bits per heavy atom. The standard InChI is InChI=1S/C18H36N4O3S.HI/c1-18(2,6-12-26(4,23)24)15-20-17(19-3)22-7-5-16(14-22)13-21-8-10-25-11-9-21;/h16H,5-15H2,1-4H3,(H,19,20);1H. The second-order valence-corrected chi connectivity index (χ2v) is 10.7. The van der Waals surface area contributed by atoms with Gasteiger partial charge in [0.1, 0.15) is 9.84 Å². The number of halogens is 1. The molecule has 2 rings (SSSR count). The second kappa shape index (κ2) is 11.2. The van der Waals surface area contributed by atoms with E-state index in [1.54, 1.807) is 0 Å². The van der Waals surface area contributed by atoms with E-state index in [9.17, 15) is 8.42 Å². The molecule has 27 heavy (non-hydrogen) atoms. The largest absolute Gasteiger partial charge is 0.379 e. The van der Waals surface area contributed by atoms with E-state index in [1.165, 1.54) is 12.7 Å². The third kappa shape index (κ3) is 9.27. The van der Waals surface area contributed by atoms with E-state index in [2.05, 4.69) is 34.0 Å². The second-order valence-electron chi connectivity index (χ2n) is 8.46. The minimum absolute atomic E-state index is 0. The van der Waals surface area contributed by atoms with Crippen LogP contribution in [0.5, 0.6) is 0 Å². The minimum atomic E-state index is -2.92. The van der Waals surface area contributed by atoms with E-state index in [-0.39, 0.29) is 35.1 Å². The van der Waals surface area contributed by atoms with Crippen LogP contribution in [-0.2, 0) is 14.6 Å². The van der Waals surface area contributed by atoms with Crippen molar-refractivity contribution in [2.45, 2.75) is 26.7 Å². The number of sulfone groups is 1. The van der Waals surface area contributed by atoms with Gasteiger partial charge < -0.3 is 15.0 Å². The molecule has 2 aliphatic heterocycles. The fourth-order valence-corrected chi connectivity index (χ4v) is 4.45. The molecule has 7 nitrogen and oxygen atoms in total. The fraction of sp³-hybridized carbons (Fsp3) is 0.944. The fourth-order valence-electron chi connectivity index (χ4n) is 3.52. The molecule has 9 heteroatoms. The first kappa shape index (κ1) is 24.9. The molecule has 2 heterocycles. The number of hydrogen-bond donors (Lipinski definition) is 1. The number of hydrogen-bond acceptors (Lipinski definition) is 5. The molecule has 0 radical (unpaired) electrons. The maximum Gasteiger partial charge on any atom is 0.193 e. The number of aliphatic imine (C=N–C) groups is 1. The molecular weight excluding hydrogens is 479 g/mol. The van der Waals surface area contributed by atoms with E-state index in [0.717, 1.165) is 58.4 Å². The van der Waals surface area contributed by atoms with E-state index >= 15 is 0 Å². The predicted molar refractivity (Wildman–Crippen MR) is 122 cm³/mol. The maximum absolute atomic E-state index is 11.4. The molecule has 1 N–H and O–H groups in total. The van der Waals surface area contributed by atoms with Crippen molar-refractivity contribution in [3.8, 4) is 0 Å². The average Bonchev–Trinajstić information content (AvgIpc) is 3.02. The molecule has 0 amide bonds. The number of likely N-dealkylation sites (tertiary alicyclic amines) is 1. The van der Waals surface area contributed by atoms with Crippen LogP contribution in [-0.4, -0.2) is 95.7 Å². The van der Waals surface area contributed by atoms with Crippen LogP contribution < -0.4 is 5.32 Å². The lowest BCUT2D eigenvalue weighted by molar-refractivity contribution is 0.0315. The third-order valence-corrected chi connectivity index (χ3v) is 6.24. The van der Waals surface area contributed by atoms with Crippen molar-refractivity contribution in [2.24, 2.45) is 16.3 Å². The highest BCUT2D eigenvalue weighted by molar-refractivity contribution is 14.0. The third-order valence-electron chi connectivity index (χ3n) is 5.29. The summed E-state index contributed by atoms with van der Waals surface area (Å²) in [5.74, 6) is 1.83. The molecule has 0 bridgehead atoms. The molecular formula is C18H37IN4O3S. The Morgan fingerprint density at radius 2 is 1.93 bits per heavy atom. The predicted octanol–water partition coefficient (Wildman–Crippen LogP) is 1.29. The van der Waals surface area contributed by atoms with Gasteiger partial charge in [-0.25, -0.2) is 8.42 Å². The Hall–Kier alpha value is -0.130. The lowest BCUT2D eigenvalue weighted by Crippen LogP contribution is -2.45. The summed E-state index contributed by atoms with van der Waals surface area (Å²) in [5.41, 5.74) is -0.0913. The maximum atomic E-state index is 11.4. The number of guanidine groups is 1. The summed E-state index contributed by atoms with van der Waals surface area (Å²) in [6.45, 7) is 11.9. The van der Waals surface area contributed by atoms with Crippen LogP contribution in [0, 0.1) is 11.3 Å². The van der Waals surface area contributed by atoms with Crippen LogP contribution in [0.1, 0.15) is 26.7 Å². The molecule has 2 saturated heterocycles. The summed E-state index contributed by atoms with van der Waals surface area (Å²) >= 11 is 0. The minimum Gasteiger partial charge on any atom is -0.379 e. The molecule has 0 spiro atoms. The van der Waals surface area contributed by atoms with Crippen LogP contribution in [0.2, 0.25) is 0 Å². The Kier molecular flexibility index (Phi) is 10.3. The number of nitrogens with one attached hydrogen (secondary N) is 1. The van der Waals surface area contributed by atoms with Crippen molar-refractivity contribution in [1.29, 1.82) is 0 Å². The van der Waals surface area contributed by atoms with Gasteiger partial charge in [-0.1, -0.05) is 13.8 Å². The van der Waals surface area contributed by atoms with Crippen LogP contribution in [0.25, 0.3) is 0 Å². The topological polar surface area (TPSA) is 74.2 Å². The van der Waals surface area contributed by atoms with Gasteiger partial charge in [0, 0.05) is 52.6 Å². The molecule has 1 unspecified atom stereocenters. The van der Waals surface area contributed by atoms with E-state index in [4.69, 9.17) is 4.74 Å². The van der Waals surface area contributed by atoms with E-state index in [1.807, 2.05) is 7.05 Å². The van der Waals surface area contributed by atoms with Crippen molar-refractivity contribution >= 4 is 39.8 Å². The normalized spacial score (nSPS) is 22.6. The van der Waals surface area contributed by atoms with Gasteiger partial charge >= 0.3 is 0 Å². The summed E-state index contributed by atoms with van der Waals surface area (Å²) in [5, 5.41) is 3.46. The van der Waals surface area contributed by atoms with Crippen molar-refractivity contribution in [3.63, 3.8) is 0 Å². The first-order valence-corrected chi connectivity index (χ1v) is 11.7. The lowest BCUT2D eigenvalue weighted by atomic mass is 9.90. The quantitative estimate of drug-likeness (QED) is 0.313. The summed E-state index contributed by atoms with van der Waals surface area (Å²) in [7, 11) is -1.10. The van der Waals surface area contributed by atoms with E-state index in [0.29, 0.717) is 12.3 Å². The molecule has 0 saturated carbocycles. The van der Waals surface area contributed by atoms with Crippen molar-refractivity contribution in [3.05, 3.63) is 0 Å². The average molecular weight is 516 g/mol. The van der Waals surface area contributed by atoms with Gasteiger partial charge in [0.15, 0.2) is 5.96 Å². The SMILES string of the molecule is CN=C(NCC(C)(C)CCS(C)(=O)=O)N1CCC(CN2CCOCC2)C1.I. The zero-order valence-electron chi connectivity index (χ0n) is 17.2. The van der Waals surface area contributed by atoms with Crippen molar-refractivity contribution in [1.82, 2.24) is 15.1 Å². The van der Waals surface area contributed by atoms with Crippen molar-refractivity contribution in [2.75, 3.05) is 71.5 Å². The van der Waals surface area contributed by atoms with Crippen molar-refractivity contribution < 1.29 is 13.2 Å². The van der Waals surface area contributed by atoms with Crippen LogP contribution in [0.3, 0.4) is 0 Å². The number of nitrogens with zero attached hydrogens (tertiary/aromatic N) is 3. The van der Waals surface area contributed by atoms with Gasteiger partial charge in [-0.05, 0) is 24.2 Å². The van der Waals surface area contributed by atoms with Gasteiger partial charge in [0.05, 0.1) is 19.0 Å². The zero-order chi connectivity index (χ0) is 19.2. The van der Waals surface area contributed by atoms with Crippen LogP contribution >= 0.6 is 24.0 Å². The summed E-state index contributed by atoms with van der Waals surface area (Å²) in [6.07, 6.45) is 3.14. The van der Waals surface area contributed by atoms with Gasteiger partial charge in [0.25, 0.3) is 0 Å². The van der Waals surface area contributed by atoms with Crippen LogP contribution in [0.15, 0.2) is 4.99 Å². The first-order chi connectivity index (χ1) is 12.2. The first-order valence-electron chi connectivity index (χ1n) is 9.62. The van der Waals surface area contributed by atoms with Gasteiger partial charge in [-0.2, -0.15) is 0 Å². The summed E-state index contributed by atoms with van der Waals surface area (Å²) in [4.78, 5) is 9.28. The van der Waals surface area contributed by atoms with Crippen LogP contribution in [0.4, 0.5) is 0 Å². The lowest BCUT2D eigenvalue weighted by Gasteiger charge is -2.30. The van der Waals surface area contributed by atoms with Gasteiger partial charge in [0.2, 0.25) is 0 Å². The van der Waals surface area contributed by atoms with Gasteiger partial charge in [-0.15, -0.1) is 24.0 Å². The molecule has 2 aliphatic rings. The highest BCUT2D eigenvalue weighted by Gasteiger charge is 2.28. The Bertz CT molecular complexity index is 577. The molecule has 1 atom stereocenters. The smallest absolute Gasteiger partial charge is 0.193 e. The highest BCUT2D eigenvalue weighted by Crippen LogP contribution is 2.21. The molecule has 2 fully saturated rings. The summed E-state index contributed by atoms with van der Waals surface area (Å²) in [6, 6.07) is 0. The molecule has 0 aromatic carbocycles. The number of rotatable bonds is 7. The number of morpholine rings is 1. The zero-order valence-corrected chi connectivity index (χ0v) is 20.4. The molecule has 0 aromatic rings. The molecule has 0 aliphatic carbocycles. The number of ether oxygens (including phenoxy) is 1.